The summed E-state index contributed by atoms with van der Waals surface area (Å²) < 4.78 is 9.20. The van der Waals surface area contributed by atoms with Crippen LogP contribution < -0.4 is 11.5 Å². The van der Waals surface area contributed by atoms with E-state index in [0.29, 0.717) is 0 Å². The minimum absolute atomic E-state index is 0.117. The molecule has 0 bridgehead atoms. The largest absolute Gasteiger partial charge is 0.445 e. The molecule has 0 heterocycles. The van der Waals surface area contributed by atoms with Crippen molar-refractivity contribution in [3.05, 3.63) is 35.4 Å². The first-order valence-corrected chi connectivity index (χ1v) is 4.50. The van der Waals surface area contributed by atoms with Crippen LogP contribution in [0.3, 0.4) is 0 Å². The van der Waals surface area contributed by atoms with E-state index in [1.807, 2.05) is 0 Å². The summed E-state index contributed by atoms with van der Waals surface area (Å²) in [4.78, 5) is 20.7. The normalized spacial score (nSPS) is 9.50. The van der Waals surface area contributed by atoms with E-state index in [4.69, 9.17) is 11.5 Å². The Hall–Kier alpha value is -2.24. The number of carbonyl (C=O) groups is 2. The molecule has 0 radical (unpaired) electrons. The molecule has 6 heteroatoms. The average molecular weight is 224 g/mol. The fourth-order valence-electron chi connectivity index (χ4n) is 1.04. The van der Waals surface area contributed by atoms with Gasteiger partial charge in [0.05, 0.1) is 0 Å². The molecule has 0 spiro atoms. The molecule has 0 aliphatic heterocycles. The van der Waals surface area contributed by atoms with Gasteiger partial charge in [0, 0.05) is 0 Å². The van der Waals surface area contributed by atoms with Gasteiger partial charge in [-0.25, -0.2) is 9.59 Å². The van der Waals surface area contributed by atoms with Gasteiger partial charge in [-0.2, -0.15) is 0 Å². The van der Waals surface area contributed by atoms with Gasteiger partial charge in [0.1, 0.15) is 13.2 Å². The highest BCUT2D eigenvalue weighted by molar-refractivity contribution is 5.64. The number of rotatable bonds is 4. The predicted octanol–water partition coefficient (Wildman–Crippen LogP) is 0.877. The van der Waals surface area contributed by atoms with Crippen LogP contribution in [-0.2, 0) is 22.7 Å². The van der Waals surface area contributed by atoms with E-state index in [-0.39, 0.29) is 13.2 Å². The Balaban J connectivity index is 2.47. The molecule has 4 N–H and O–H groups in total. The molecule has 16 heavy (non-hydrogen) atoms. The smallest absolute Gasteiger partial charge is 0.404 e. The van der Waals surface area contributed by atoms with E-state index >= 15 is 0 Å². The molecule has 2 amide bonds. The van der Waals surface area contributed by atoms with Crippen LogP contribution in [0, 0.1) is 0 Å². The Morgan fingerprint density at radius 1 is 0.875 bits per heavy atom. The van der Waals surface area contributed by atoms with Crippen LogP contribution in [0.2, 0.25) is 0 Å². The Kier molecular flexibility index (Phi) is 4.14. The zero-order chi connectivity index (χ0) is 12.0. The summed E-state index contributed by atoms with van der Waals surface area (Å²) in [7, 11) is 0. The fraction of sp³-hybridized carbons (Fsp3) is 0.200. The summed E-state index contributed by atoms with van der Waals surface area (Å²) in [6, 6.07) is 6.95. The number of nitrogens with two attached hydrogens (primary N) is 2. The molecule has 0 saturated carbocycles. The van der Waals surface area contributed by atoms with Gasteiger partial charge in [-0.1, -0.05) is 24.3 Å². The molecule has 0 aliphatic rings. The Labute approximate surface area is 92.1 Å². The molecule has 1 aromatic carbocycles. The van der Waals surface area contributed by atoms with E-state index in [2.05, 4.69) is 9.47 Å². The van der Waals surface area contributed by atoms with E-state index < -0.39 is 12.2 Å². The van der Waals surface area contributed by atoms with Crippen LogP contribution in [0.4, 0.5) is 9.59 Å². The van der Waals surface area contributed by atoms with Gasteiger partial charge < -0.3 is 20.9 Å². The summed E-state index contributed by atoms with van der Waals surface area (Å²) in [5.41, 5.74) is 11.2. The number of amides is 2. The van der Waals surface area contributed by atoms with E-state index in [1.165, 1.54) is 0 Å². The van der Waals surface area contributed by atoms with Gasteiger partial charge in [0.25, 0.3) is 0 Å². The average Bonchev–Trinajstić information content (AvgIpc) is 2.25. The maximum Gasteiger partial charge on any atom is 0.404 e. The van der Waals surface area contributed by atoms with Crippen molar-refractivity contribution in [3.63, 3.8) is 0 Å². The third-order valence-electron chi connectivity index (χ3n) is 1.79. The van der Waals surface area contributed by atoms with Gasteiger partial charge >= 0.3 is 12.2 Å². The van der Waals surface area contributed by atoms with Crippen molar-refractivity contribution in [2.24, 2.45) is 11.5 Å². The topological polar surface area (TPSA) is 105 Å². The monoisotopic (exact) mass is 224 g/mol. The Morgan fingerprint density at radius 2 is 1.19 bits per heavy atom. The van der Waals surface area contributed by atoms with E-state index in [0.717, 1.165) is 11.1 Å². The van der Waals surface area contributed by atoms with Crippen molar-refractivity contribution >= 4 is 12.2 Å². The third kappa shape index (κ3) is 4.32. The maximum atomic E-state index is 10.3. The van der Waals surface area contributed by atoms with Crippen LogP contribution in [0.5, 0.6) is 0 Å². The lowest BCUT2D eigenvalue weighted by atomic mass is 10.1. The van der Waals surface area contributed by atoms with Gasteiger partial charge in [-0.05, 0) is 11.1 Å². The highest BCUT2D eigenvalue weighted by Crippen LogP contribution is 2.06. The molecule has 0 aliphatic carbocycles. The number of hydrogen-bond donors (Lipinski definition) is 2. The summed E-state index contributed by atoms with van der Waals surface area (Å²) in [5.74, 6) is 0. The van der Waals surface area contributed by atoms with Crippen molar-refractivity contribution in [2.75, 3.05) is 0 Å². The summed E-state index contributed by atoms with van der Waals surface area (Å²) in [6.07, 6.45) is -1.64. The van der Waals surface area contributed by atoms with Crippen LogP contribution in [-0.4, -0.2) is 12.2 Å². The lowest BCUT2D eigenvalue weighted by Crippen LogP contribution is -2.13. The molecule has 0 atom stereocenters. The first-order valence-electron chi connectivity index (χ1n) is 4.50. The van der Waals surface area contributed by atoms with Gasteiger partial charge in [-0.3, -0.25) is 0 Å². The van der Waals surface area contributed by atoms with E-state index in [1.54, 1.807) is 24.3 Å². The second kappa shape index (κ2) is 5.59. The molecular weight excluding hydrogens is 212 g/mol. The zero-order valence-corrected chi connectivity index (χ0v) is 8.51. The number of benzene rings is 1. The number of hydrogen-bond acceptors (Lipinski definition) is 4. The molecule has 0 aromatic heterocycles. The number of primary amides is 2. The van der Waals surface area contributed by atoms with Crippen molar-refractivity contribution in [2.45, 2.75) is 13.2 Å². The first-order chi connectivity index (χ1) is 7.58. The number of ether oxygens (including phenoxy) is 2. The fourth-order valence-corrected chi connectivity index (χ4v) is 1.04. The minimum Gasteiger partial charge on any atom is -0.445 e. The quantitative estimate of drug-likeness (QED) is 0.791. The molecule has 1 aromatic rings. The van der Waals surface area contributed by atoms with Crippen LogP contribution in [0.1, 0.15) is 11.1 Å². The van der Waals surface area contributed by atoms with Gasteiger partial charge in [0.15, 0.2) is 0 Å². The summed E-state index contributed by atoms with van der Waals surface area (Å²) in [6.45, 7) is 0.235. The van der Waals surface area contributed by atoms with Crippen LogP contribution >= 0.6 is 0 Å². The van der Waals surface area contributed by atoms with Crippen molar-refractivity contribution < 1.29 is 19.1 Å². The second-order valence-corrected chi connectivity index (χ2v) is 3.03. The SMILES string of the molecule is NC(=O)OCc1ccc(COC(N)=O)cc1. The predicted molar refractivity (Wildman–Crippen MR) is 55.2 cm³/mol. The van der Waals surface area contributed by atoms with Crippen LogP contribution in [0.15, 0.2) is 24.3 Å². The van der Waals surface area contributed by atoms with Crippen molar-refractivity contribution in [3.8, 4) is 0 Å². The second-order valence-electron chi connectivity index (χ2n) is 3.03. The molecule has 0 saturated heterocycles. The lowest BCUT2D eigenvalue weighted by molar-refractivity contribution is 0.148. The molecule has 86 valence electrons. The summed E-state index contributed by atoms with van der Waals surface area (Å²) in [5, 5.41) is 0. The van der Waals surface area contributed by atoms with Crippen molar-refractivity contribution in [1.29, 1.82) is 0 Å². The van der Waals surface area contributed by atoms with Crippen molar-refractivity contribution in [1.82, 2.24) is 0 Å². The zero-order valence-electron chi connectivity index (χ0n) is 8.51. The van der Waals surface area contributed by atoms with Gasteiger partial charge in [0.2, 0.25) is 0 Å². The summed E-state index contributed by atoms with van der Waals surface area (Å²) >= 11 is 0. The highest BCUT2D eigenvalue weighted by atomic mass is 16.5. The molecule has 0 unspecified atom stereocenters. The number of carbonyl (C=O) groups excluding carboxylic acids is 2. The molecule has 1 rings (SSSR count). The van der Waals surface area contributed by atoms with E-state index in [9.17, 15) is 9.59 Å². The lowest BCUT2D eigenvalue weighted by Gasteiger charge is -2.04. The molecule has 0 fully saturated rings. The molecular formula is C10H12N2O4. The Bertz CT molecular complexity index is 338. The minimum atomic E-state index is -0.818. The van der Waals surface area contributed by atoms with Gasteiger partial charge in [-0.15, -0.1) is 0 Å². The first kappa shape index (κ1) is 11.8. The Morgan fingerprint density at radius 3 is 1.44 bits per heavy atom. The third-order valence-corrected chi connectivity index (χ3v) is 1.79. The van der Waals surface area contributed by atoms with Crippen LogP contribution in [0.25, 0.3) is 0 Å². The molecule has 6 nitrogen and oxygen atoms in total. The standard InChI is InChI=1S/C10H12N2O4/c11-9(13)15-5-7-1-2-8(4-3-7)6-16-10(12)14/h1-4H,5-6H2,(H2,11,13)(H2,12,14). The maximum absolute atomic E-state index is 10.3. The highest BCUT2D eigenvalue weighted by Gasteiger charge is 1.99.